The molecular formula is C16H28BrN3O. The summed E-state index contributed by atoms with van der Waals surface area (Å²) in [5.41, 5.74) is 0.726. The Kier molecular flexibility index (Phi) is 7.46. The van der Waals surface area contributed by atoms with Crippen LogP contribution < -0.4 is 5.32 Å². The van der Waals surface area contributed by atoms with Crippen molar-refractivity contribution in [3.05, 3.63) is 22.4 Å². The van der Waals surface area contributed by atoms with Gasteiger partial charge in [0.25, 0.3) is 5.91 Å². The number of hydrogen-bond acceptors (Lipinski definition) is 2. The highest BCUT2D eigenvalue weighted by Gasteiger charge is 2.15. The molecule has 0 spiro atoms. The predicted molar refractivity (Wildman–Crippen MR) is 91.7 cm³/mol. The van der Waals surface area contributed by atoms with E-state index in [0.717, 1.165) is 29.7 Å². The van der Waals surface area contributed by atoms with Crippen LogP contribution in [0.5, 0.6) is 0 Å². The van der Waals surface area contributed by atoms with Crippen LogP contribution in [0.1, 0.15) is 51.5 Å². The SMILES string of the molecule is CCCn1cc(Br)cc1C(=O)NCCN(C(C)C)C(C)C. The van der Waals surface area contributed by atoms with Crippen LogP contribution in [-0.2, 0) is 6.54 Å². The highest BCUT2D eigenvalue weighted by molar-refractivity contribution is 9.10. The lowest BCUT2D eigenvalue weighted by Gasteiger charge is -2.30. The zero-order chi connectivity index (χ0) is 16.0. The average Bonchev–Trinajstić information content (AvgIpc) is 2.75. The van der Waals surface area contributed by atoms with Gasteiger partial charge in [0.05, 0.1) is 0 Å². The number of nitrogens with one attached hydrogen (secondary N) is 1. The van der Waals surface area contributed by atoms with Gasteiger partial charge in [0, 0.05) is 42.4 Å². The molecule has 0 radical (unpaired) electrons. The largest absolute Gasteiger partial charge is 0.349 e. The smallest absolute Gasteiger partial charge is 0.267 e. The van der Waals surface area contributed by atoms with Gasteiger partial charge in [-0.05, 0) is 56.1 Å². The summed E-state index contributed by atoms with van der Waals surface area (Å²) < 4.78 is 2.95. The van der Waals surface area contributed by atoms with Crippen LogP contribution >= 0.6 is 15.9 Å². The van der Waals surface area contributed by atoms with E-state index >= 15 is 0 Å². The maximum absolute atomic E-state index is 12.3. The highest BCUT2D eigenvalue weighted by Crippen LogP contribution is 2.15. The van der Waals surface area contributed by atoms with Crippen molar-refractivity contribution in [3.8, 4) is 0 Å². The fraction of sp³-hybridized carbons (Fsp3) is 0.688. The van der Waals surface area contributed by atoms with Crippen molar-refractivity contribution < 1.29 is 4.79 Å². The van der Waals surface area contributed by atoms with E-state index in [9.17, 15) is 4.79 Å². The number of nitrogens with zero attached hydrogens (tertiary/aromatic N) is 2. The minimum Gasteiger partial charge on any atom is -0.349 e. The van der Waals surface area contributed by atoms with Gasteiger partial charge in [-0.3, -0.25) is 9.69 Å². The lowest BCUT2D eigenvalue weighted by atomic mass is 10.2. The minimum absolute atomic E-state index is 0.00149. The van der Waals surface area contributed by atoms with Crippen molar-refractivity contribution in [3.63, 3.8) is 0 Å². The Morgan fingerprint density at radius 1 is 1.33 bits per heavy atom. The summed E-state index contributed by atoms with van der Waals surface area (Å²) in [5.74, 6) is 0.00149. The summed E-state index contributed by atoms with van der Waals surface area (Å²) in [7, 11) is 0. The average molecular weight is 358 g/mol. The van der Waals surface area contributed by atoms with Crippen molar-refractivity contribution in [1.29, 1.82) is 0 Å². The molecule has 21 heavy (non-hydrogen) atoms. The van der Waals surface area contributed by atoms with E-state index in [2.05, 4.69) is 60.8 Å². The van der Waals surface area contributed by atoms with E-state index in [1.807, 2.05) is 16.8 Å². The van der Waals surface area contributed by atoms with Crippen LogP contribution in [0.25, 0.3) is 0 Å². The van der Waals surface area contributed by atoms with Gasteiger partial charge >= 0.3 is 0 Å². The first-order chi connectivity index (χ1) is 9.86. The third-order valence-electron chi connectivity index (χ3n) is 3.54. The number of aromatic nitrogens is 1. The molecule has 0 aliphatic carbocycles. The molecule has 0 aromatic carbocycles. The van der Waals surface area contributed by atoms with Crippen LogP contribution in [0, 0.1) is 0 Å². The zero-order valence-corrected chi connectivity index (χ0v) is 15.4. The molecule has 0 saturated carbocycles. The molecule has 5 heteroatoms. The molecule has 120 valence electrons. The summed E-state index contributed by atoms with van der Waals surface area (Å²) >= 11 is 3.44. The Morgan fingerprint density at radius 3 is 2.48 bits per heavy atom. The lowest BCUT2D eigenvalue weighted by molar-refractivity contribution is 0.0930. The summed E-state index contributed by atoms with van der Waals surface area (Å²) in [4.78, 5) is 14.7. The fourth-order valence-corrected chi connectivity index (χ4v) is 3.06. The van der Waals surface area contributed by atoms with E-state index in [0.29, 0.717) is 18.6 Å². The number of carbonyl (C=O) groups is 1. The van der Waals surface area contributed by atoms with Crippen molar-refractivity contribution in [2.75, 3.05) is 13.1 Å². The molecule has 0 saturated heterocycles. The van der Waals surface area contributed by atoms with E-state index < -0.39 is 0 Å². The first-order valence-electron chi connectivity index (χ1n) is 7.76. The fourth-order valence-electron chi connectivity index (χ4n) is 2.59. The van der Waals surface area contributed by atoms with Gasteiger partial charge in [0.2, 0.25) is 0 Å². The molecule has 1 aromatic rings. The van der Waals surface area contributed by atoms with Gasteiger partial charge in [-0.2, -0.15) is 0 Å². The number of carbonyl (C=O) groups excluding carboxylic acids is 1. The standard InChI is InChI=1S/C16H28BrN3O/c1-6-8-19-11-14(17)10-15(19)16(21)18-7-9-20(12(2)3)13(4)5/h10-13H,6-9H2,1-5H3,(H,18,21). The number of rotatable bonds is 8. The first-order valence-corrected chi connectivity index (χ1v) is 8.55. The Balaban J connectivity index is 2.58. The normalized spacial score (nSPS) is 11.7. The summed E-state index contributed by atoms with van der Waals surface area (Å²) in [6.07, 6.45) is 2.98. The van der Waals surface area contributed by atoms with Crippen LogP contribution in [0.2, 0.25) is 0 Å². The third-order valence-corrected chi connectivity index (χ3v) is 3.98. The van der Waals surface area contributed by atoms with Crippen LogP contribution in [-0.4, -0.2) is 40.5 Å². The molecule has 0 aliphatic heterocycles. The highest BCUT2D eigenvalue weighted by atomic mass is 79.9. The van der Waals surface area contributed by atoms with Gasteiger partial charge in [-0.25, -0.2) is 0 Å². The maximum atomic E-state index is 12.3. The lowest BCUT2D eigenvalue weighted by Crippen LogP contribution is -2.42. The molecule has 0 unspecified atom stereocenters. The molecule has 0 bridgehead atoms. The van der Waals surface area contributed by atoms with Gasteiger partial charge in [0.15, 0.2) is 0 Å². The molecule has 0 aliphatic rings. The Labute approximate surface area is 137 Å². The second kappa shape index (κ2) is 8.59. The second-order valence-corrected chi connectivity index (χ2v) is 6.83. The van der Waals surface area contributed by atoms with Crippen molar-refractivity contribution in [2.24, 2.45) is 0 Å². The maximum Gasteiger partial charge on any atom is 0.267 e. The van der Waals surface area contributed by atoms with E-state index in [1.54, 1.807) is 0 Å². The van der Waals surface area contributed by atoms with Gasteiger partial charge in [-0.1, -0.05) is 6.92 Å². The van der Waals surface area contributed by atoms with Gasteiger partial charge in [-0.15, -0.1) is 0 Å². The molecule has 1 rings (SSSR count). The summed E-state index contributed by atoms with van der Waals surface area (Å²) in [6.45, 7) is 13.3. The molecule has 0 atom stereocenters. The van der Waals surface area contributed by atoms with Crippen molar-refractivity contribution >= 4 is 21.8 Å². The summed E-state index contributed by atoms with van der Waals surface area (Å²) in [6, 6.07) is 2.85. The molecule has 1 amide bonds. The van der Waals surface area contributed by atoms with Crippen molar-refractivity contribution in [1.82, 2.24) is 14.8 Å². The quantitative estimate of drug-likeness (QED) is 0.772. The van der Waals surface area contributed by atoms with Gasteiger partial charge in [0.1, 0.15) is 5.69 Å². The Hall–Kier alpha value is -0.810. The zero-order valence-electron chi connectivity index (χ0n) is 13.8. The number of halogens is 1. The monoisotopic (exact) mass is 357 g/mol. The molecule has 4 nitrogen and oxygen atoms in total. The molecule has 1 heterocycles. The number of aryl methyl sites for hydroxylation is 1. The number of hydrogen-bond donors (Lipinski definition) is 1. The molecule has 1 N–H and O–H groups in total. The van der Waals surface area contributed by atoms with E-state index in [4.69, 9.17) is 0 Å². The second-order valence-electron chi connectivity index (χ2n) is 5.92. The third kappa shape index (κ3) is 5.47. The molecule has 0 fully saturated rings. The Morgan fingerprint density at radius 2 is 1.95 bits per heavy atom. The van der Waals surface area contributed by atoms with Crippen molar-refractivity contribution in [2.45, 2.75) is 59.7 Å². The summed E-state index contributed by atoms with van der Waals surface area (Å²) in [5, 5.41) is 3.03. The van der Waals surface area contributed by atoms with E-state index in [-0.39, 0.29) is 5.91 Å². The molecular weight excluding hydrogens is 330 g/mol. The van der Waals surface area contributed by atoms with Gasteiger partial charge < -0.3 is 9.88 Å². The molecule has 1 aromatic heterocycles. The number of amides is 1. The Bertz CT molecular complexity index is 446. The first kappa shape index (κ1) is 18.2. The predicted octanol–water partition coefficient (Wildman–Crippen LogP) is 3.51. The van der Waals surface area contributed by atoms with Crippen LogP contribution in [0.3, 0.4) is 0 Å². The van der Waals surface area contributed by atoms with Crippen LogP contribution in [0.4, 0.5) is 0 Å². The van der Waals surface area contributed by atoms with E-state index in [1.165, 1.54) is 0 Å². The van der Waals surface area contributed by atoms with Crippen LogP contribution in [0.15, 0.2) is 16.7 Å². The topological polar surface area (TPSA) is 37.3 Å². The minimum atomic E-state index is 0.00149.